The van der Waals surface area contributed by atoms with Crippen LogP contribution in [0.2, 0.25) is 0 Å². The van der Waals surface area contributed by atoms with E-state index >= 15 is 0 Å². The summed E-state index contributed by atoms with van der Waals surface area (Å²) in [6, 6.07) is 10.5. The summed E-state index contributed by atoms with van der Waals surface area (Å²) in [5.41, 5.74) is 1.62. The number of H-pyrrole nitrogens is 1. The molecule has 0 aliphatic rings. The topological polar surface area (TPSA) is 98.3 Å². The Morgan fingerprint density at radius 3 is 2.62 bits per heavy atom. The fourth-order valence-electron chi connectivity index (χ4n) is 1.83. The van der Waals surface area contributed by atoms with Crippen LogP contribution in [0, 0.1) is 0 Å². The number of hydrogen-bond donors (Lipinski definition) is 3. The molecule has 0 radical (unpaired) electrons. The number of carboxylic acid groups (broad SMARTS) is 1. The average Bonchev–Trinajstić information content (AvgIpc) is 2.98. The molecule has 0 saturated heterocycles. The lowest BCUT2D eigenvalue weighted by Crippen LogP contribution is -2.42. The van der Waals surface area contributed by atoms with Gasteiger partial charge in [0.2, 0.25) is 0 Å². The van der Waals surface area contributed by atoms with Crippen LogP contribution in [0.1, 0.15) is 11.3 Å². The minimum atomic E-state index is -1.05. The first-order valence-electron chi connectivity index (χ1n) is 6.42. The van der Waals surface area contributed by atoms with Crippen molar-refractivity contribution >= 4 is 12.0 Å². The molecule has 0 aliphatic heterocycles. The Morgan fingerprint density at radius 2 is 2.00 bits per heavy atom. The first-order chi connectivity index (χ1) is 10.1. The van der Waals surface area contributed by atoms with Gasteiger partial charge in [0.15, 0.2) is 0 Å². The maximum Gasteiger partial charge on any atom is 0.323 e. The number of carboxylic acids is 1. The monoisotopic (exact) mass is 288 g/mol. The van der Waals surface area contributed by atoms with Crippen molar-refractivity contribution in [2.45, 2.75) is 13.1 Å². The van der Waals surface area contributed by atoms with Gasteiger partial charge in [0.1, 0.15) is 6.54 Å². The molecule has 1 heterocycles. The van der Waals surface area contributed by atoms with Crippen LogP contribution in [0.25, 0.3) is 0 Å². The van der Waals surface area contributed by atoms with Crippen molar-refractivity contribution in [3.05, 3.63) is 53.9 Å². The van der Waals surface area contributed by atoms with Crippen molar-refractivity contribution in [1.82, 2.24) is 20.4 Å². The average molecular weight is 288 g/mol. The lowest BCUT2D eigenvalue weighted by atomic mass is 10.2. The zero-order valence-corrected chi connectivity index (χ0v) is 11.3. The van der Waals surface area contributed by atoms with E-state index in [1.54, 1.807) is 12.3 Å². The molecule has 0 aliphatic carbocycles. The smallest absolute Gasteiger partial charge is 0.323 e. The Hall–Kier alpha value is -2.83. The van der Waals surface area contributed by atoms with Gasteiger partial charge in [0, 0.05) is 12.7 Å². The molecule has 0 fully saturated rings. The number of carbonyl (C=O) groups is 2. The molecule has 2 aromatic rings. The van der Waals surface area contributed by atoms with E-state index in [1.165, 1.54) is 4.90 Å². The predicted molar refractivity (Wildman–Crippen MR) is 75.3 cm³/mol. The van der Waals surface area contributed by atoms with Crippen LogP contribution in [0.5, 0.6) is 0 Å². The largest absolute Gasteiger partial charge is 0.480 e. The number of aliphatic carboxylic acids is 1. The highest BCUT2D eigenvalue weighted by molar-refractivity contribution is 5.80. The summed E-state index contributed by atoms with van der Waals surface area (Å²) in [6.07, 6.45) is 1.58. The molecule has 1 aromatic heterocycles. The Labute approximate surface area is 121 Å². The zero-order chi connectivity index (χ0) is 15.1. The molecule has 0 spiro atoms. The highest BCUT2D eigenvalue weighted by Crippen LogP contribution is 2.05. The van der Waals surface area contributed by atoms with Crippen molar-refractivity contribution in [2.75, 3.05) is 6.54 Å². The molecule has 0 bridgehead atoms. The SMILES string of the molecule is O=C(O)CN(Cc1ccccc1)C(=O)NCc1ccn[nH]1. The lowest BCUT2D eigenvalue weighted by molar-refractivity contribution is -0.137. The summed E-state index contributed by atoms with van der Waals surface area (Å²) in [7, 11) is 0. The van der Waals surface area contributed by atoms with Crippen molar-refractivity contribution in [1.29, 1.82) is 0 Å². The molecular formula is C14H16N4O3. The second-order valence-electron chi connectivity index (χ2n) is 4.48. The Bertz CT molecular complexity index is 584. The number of hydrogen-bond acceptors (Lipinski definition) is 3. The number of amides is 2. The van der Waals surface area contributed by atoms with Gasteiger partial charge in [-0.15, -0.1) is 0 Å². The van der Waals surface area contributed by atoms with Gasteiger partial charge in [-0.05, 0) is 11.6 Å². The summed E-state index contributed by atoms with van der Waals surface area (Å²) in [4.78, 5) is 24.2. The molecule has 7 nitrogen and oxygen atoms in total. The highest BCUT2D eigenvalue weighted by Gasteiger charge is 2.16. The highest BCUT2D eigenvalue weighted by atomic mass is 16.4. The van der Waals surface area contributed by atoms with Gasteiger partial charge < -0.3 is 15.3 Å². The van der Waals surface area contributed by atoms with Crippen LogP contribution in [-0.4, -0.2) is 38.7 Å². The van der Waals surface area contributed by atoms with Crippen LogP contribution < -0.4 is 5.32 Å². The number of aromatic amines is 1. The van der Waals surface area contributed by atoms with Gasteiger partial charge in [-0.1, -0.05) is 30.3 Å². The van der Waals surface area contributed by atoms with E-state index in [-0.39, 0.29) is 19.6 Å². The van der Waals surface area contributed by atoms with Crippen molar-refractivity contribution < 1.29 is 14.7 Å². The quantitative estimate of drug-likeness (QED) is 0.744. The van der Waals surface area contributed by atoms with E-state index in [9.17, 15) is 9.59 Å². The summed E-state index contributed by atoms with van der Waals surface area (Å²) in [5, 5.41) is 18.1. The molecule has 2 amide bonds. The van der Waals surface area contributed by atoms with Crippen LogP contribution in [0.4, 0.5) is 4.79 Å². The molecule has 1 aromatic carbocycles. The van der Waals surface area contributed by atoms with Gasteiger partial charge in [-0.3, -0.25) is 9.89 Å². The van der Waals surface area contributed by atoms with E-state index in [1.807, 2.05) is 30.3 Å². The van der Waals surface area contributed by atoms with Crippen LogP contribution in [0.3, 0.4) is 0 Å². The number of aromatic nitrogens is 2. The molecular weight excluding hydrogens is 272 g/mol. The van der Waals surface area contributed by atoms with E-state index in [4.69, 9.17) is 5.11 Å². The molecule has 21 heavy (non-hydrogen) atoms. The normalized spacial score (nSPS) is 10.1. The number of rotatable bonds is 6. The third-order valence-electron chi connectivity index (χ3n) is 2.82. The Kier molecular flexibility index (Phi) is 4.92. The standard InChI is InChI=1S/C14H16N4O3/c19-13(20)10-18(9-11-4-2-1-3-5-11)14(21)15-8-12-6-7-16-17-12/h1-7H,8-10H2,(H,15,21)(H,16,17)(H,19,20). The van der Waals surface area contributed by atoms with Crippen molar-refractivity contribution in [3.63, 3.8) is 0 Å². The van der Waals surface area contributed by atoms with Crippen molar-refractivity contribution in [2.24, 2.45) is 0 Å². The number of nitrogens with one attached hydrogen (secondary N) is 2. The number of urea groups is 1. The third-order valence-corrected chi connectivity index (χ3v) is 2.82. The predicted octanol–water partition coefficient (Wildman–Crippen LogP) is 1.21. The number of nitrogens with zero attached hydrogens (tertiary/aromatic N) is 2. The van der Waals surface area contributed by atoms with E-state index in [0.29, 0.717) is 0 Å². The molecule has 0 saturated carbocycles. The van der Waals surface area contributed by atoms with Gasteiger partial charge in [0.05, 0.1) is 12.2 Å². The maximum absolute atomic E-state index is 12.1. The number of benzene rings is 1. The summed E-state index contributed by atoms with van der Waals surface area (Å²) in [6.45, 7) is 0.148. The van der Waals surface area contributed by atoms with Gasteiger partial charge >= 0.3 is 12.0 Å². The second kappa shape index (κ2) is 7.09. The molecule has 7 heteroatoms. The first kappa shape index (κ1) is 14.6. The van der Waals surface area contributed by atoms with Gasteiger partial charge in [0.25, 0.3) is 0 Å². The van der Waals surface area contributed by atoms with E-state index in [2.05, 4.69) is 15.5 Å². The molecule has 3 N–H and O–H groups in total. The fourth-order valence-corrected chi connectivity index (χ4v) is 1.83. The van der Waals surface area contributed by atoms with E-state index < -0.39 is 12.0 Å². The first-order valence-corrected chi connectivity index (χ1v) is 6.42. The fraction of sp³-hybridized carbons (Fsp3) is 0.214. The minimum Gasteiger partial charge on any atom is -0.480 e. The zero-order valence-electron chi connectivity index (χ0n) is 11.3. The minimum absolute atomic E-state index is 0.238. The van der Waals surface area contributed by atoms with Crippen LogP contribution in [-0.2, 0) is 17.9 Å². The Morgan fingerprint density at radius 1 is 1.24 bits per heavy atom. The summed E-state index contributed by atoms with van der Waals surface area (Å²) in [5.74, 6) is -1.05. The molecule has 2 rings (SSSR count). The molecule has 0 atom stereocenters. The molecule has 110 valence electrons. The van der Waals surface area contributed by atoms with Crippen LogP contribution >= 0.6 is 0 Å². The van der Waals surface area contributed by atoms with Gasteiger partial charge in [-0.25, -0.2) is 4.79 Å². The maximum atomic E-state index is 12.1. The van der Waals surface area contributed by atoms with Crippen molar-refractivity contribution in [3.8, 4) is 0 Å². The lowest BCUT2D eigenvalue weighted by Gasteiger charge is -2.21. The van der Waals surface area contributed by atoms with Crippen LogP contribution in [0.15, 0.2) is 42.6 Å². The second-order valence-corrected chi connectivity index (χ2v) is 4.48. The molecule has 0 unspecified atom stereocenters. The number of carbonyl (C=O) groups excluding carboxylic acids is 1. The third kappa shape index (κ3) is 4.64. The Balaban J connectivity index is 1.97. The van der Waals surface area contributed by atoms with E-state index in [0.717, 1.165) is 11.3 Å². The van der Waals surface area contributed by atoms with Gasteiger partial charge in [-0.2, -0.15) is 5.10 Å². The summed E-state index contributed by atoms with van der Waals surface area (Å²) >= 11 is 0. The summed E-state index contributed by atoms with van der Waals surface area (Å²) < 4.78 is 0.